The number of hydrogen-bond acceptors (Lipinski definition) is 6. The van der Waals surface area contributed by atoms with Crippen LogP contribution >= 0.6 is 0 Å². The topological polar surface area (TPSA) is 133 Å². The van der Waals surface area contributed by atoms with Crippen LogP contribution in [-0.2, 0) is 19.2 Å². The number of rotatable bonds is 9. The van der Waals surface area contributed by atoms with Gasteiger partial charge in [0.25, 0.3) is 0 Å². The highest BCUT2D eigenvalue weighted by Gasteiger charge is 2.37. The summed E-state index contributed by atoms with van der Waals surface area (Å²) >= 11 is 0. The average molecular weight is 513 g/mol. The van der Waals surface area contributed by atoms with E-state index in [1.54, 1.807) is 0 Å². The Morgan fingerprint density at radius 1 is 0.556 bits per heavy atom. The van der Waals surface area contributed by atoms with E-state index in [0.717, 1.165) is 38.5 Å². The predicted molar refractivity (Wildman–Crippen MR) is 143 cm³/mol. The molecule has 36 heavy (non-hydrogen) atoms. The molecule has 2 heterocycles. The van der Waals surface area contributed by atoms with Gasteiger partial charge >= 0.3 is 11.9 Å². The summed E-state index contributed by atoms with van der Waals surface area (Å²) in [5.41, 5.74) is -0.0602. The SMILES string of the molecule is CC1(C)CC(=O)CC(C)(C)N1.CC1(C)CC(=O)CC(C)(C)N1.O=C(O)CCCCCCCCC(=O)O. The summed E-state index contributed by atoms with van der Waals surface area (Å²) in [6.45, 7) is 16.6. The van der Waals surface area contributed by atoms with Crippen LogP contribution in [0.4, 0.5) is 0 Å². The first-order valence-electron chi connectivity index (χ1n) is 13.3. The summed E-state index contributed by atoms with van der Waals surface area (Å²) in [6, 6.07) is 0. The Morgan fingerprint density at radius 3 is 0.972 bits per heavy atom. The zero-order valence-corrected chi connectivity index (χ0v) is 24.0. The van der Waals surface area contributed by atoms with Crippen molar-refractivity contribution in [3.63, 3.8) is 0 Å². The van der Waals surface area contributed by atoms with Gasteiger partial charge in [0, 0.05) is 60.7 Å². The van der Waals surface area contributed by atoms with E-state index < -0.39 is 11.9 Å². The van der Waals surface area contributed by atoms with Crippen molar-refractivity contribution in [3.05, 3.63) is 0 Å². The van der Waals surface area contributed by atoms with Gasteiger partial charge in [0.05, 0.1) is 0 Å². The van der Waals surface area contributed by atoms with Crippen LogP contribution < -0.4 is 10.6 Å². The van der Waals surface area contributed by atoms with E-state index in [9.17, 15) is 19.2 Å². The number of unbranched alkanes of at least 4 members (excludes halogenated alkanes) is 5. The molecule has 2 rings (SSSR count). The first-order chi connectivity index (χ1) is 16.2. The highest BCUT2D eigenvalue weighted by Crippen LogP contribution is 2.26. The fraction of sp³-hybridized carbons (Fsp3) is 0.857. The fourth-order valence-electron chi connectivity index (χ4n) is 5.37. The number of piperidine rings is 2. The zero-order valence-electron chi connectivity index (χ0n) is 24.0. The summed E-state index contributed by atoms with van der Waals surface area (Å²) in [5, 5.41) is 23.6. The van der Waals surface area contributed by atoms with Crippen molar-refractivity contribution < 1.29 is 29.4 Å². The van der Waals surface area contributed by atoms with Gasteiger partial charge in [0.1, 0.15) is 11.6 Å². The van der Waals surface area contributed by atoms with Gasteiger partial charge in [0.15, 0.2) is 0 Å². The monoisotopic (exact) mass is 512 g/mol. The Labute approximate surface area is 218 Å². The number of nitrogens with one attached hydrogen (secondary N) is 2. The Hall–Kier alpha value is -1.80. The van der Waals surface area contributed by atoms with Crippen LogP contribution in [0.5, 0.6) is 0 Å². The third kappa shape index (κ3) is 18.5. The normalized spacial score (nSPS) is 21.3. The number of aliphatic carboxylic acids is 2. The number of hydrogen-bond donors (Lipinski definition) is 4. The lowest BCUT2D eigenvalue weighted by Gasteiger charge is -2.41. The Bertz CT molecular complexity index is 642. The number of Topliss-reactive ketones (excluding diaryl/α,β-unsaturated/α-hetero) is 2. The molecule has 2 fully saturated rings. The van der Waals surface area contributed by atoms with E-state index >= 15 is 0 Å². The molecule has 0 bridgehead atoms. The van der Waals surface area contributed by atoms with E-state index in [-0.39, 0.29) is 35.0 Å². The number of ketones is 2. The minimum atomic E-state index is -0.740. The second-order valence-corrected chi connectivity index (χ2v) is 13.0. The molecule has 0 aromatic heterocycles. The lowest BCUT2D eigenvalue weighted by molar-refractivity contribution is -0.138. The number of carboxylic acids is 2. The van der Waals surface area contributed by atoms with Crippen molar-refractivity contribution in [1.29, 1.82) is 0 Å². The Balaban J connectivity index is 0.000000515. The van der Waals surface area contributed by atoms with Crippen LogP contribution in [0.25, 0.3) is 0 Å². The summed E-state index contributed by atoms with van der Waals surface area (Å²) in [7, 11) is 0. The molecule has 0 spiro atoms. The maximum atomic E-state index is 11.3. The van der Waals surface area contributed by atoms with Gasteiger partial charge < -0.3 is 20.8 Å². The van der Waals surface area contributed by atoms with E-state index in [4.69, 9.17) is 10.2 Å². The first kappa shape index (κ1) is 34.2. The van der Waals surface area contributed by atoms with Gasteiger partial charge in [-0.3, -0.25) is 19.2 Å². The summed E-state index contributed by atoms with van der Waals surface area (Å²) in [4.78, 5) is 42.8. The third-order valence-corrected chi connectivity index (χ3v) is 5.94. The van der Waals surface area contributed by atoms with Crippen LogP contribution in [0.1, 0.15) is 132 Å². The van der Waals surface area contributed by atoms with Crippen LogP contribution in [0.2, 0.25) is 0 Å². The maximum Gasteiger partial charge on any atom is 0.303 e. The lowest BCUT2D eigenvalue weighted by Crippen LogP contribution is -2.58. The van der Waals surface area contributed by atoms with Crippen molar-refractivity contribution in [1.82, 2.24) is 10.6 Å². The molecule has 0 aromatic carbocycles. The first-order valence-corrected chi connectivity index (χ1v) is 13.3. The molecule has 0 unspecified atom stereocenters. The molecular formula is C28H52N2O6. The molecule has 0 atom stereocenters. The Kier molecular flexibility index (Phi) is 14.1. The van der Waals surface area contributed by atoms with Gasteiger partial charge in [-0.2, -0.15) is 0 Å². The molecule has 0 radical (unpaired) electrons. The number of carboxylic acid groups (broad SMARTS) is 2. The molecule has 2 aliphatic rings. The van der Waals surface area contributed by atoms with Gasteiger partial charge in [-0.25, -0.2) is 0 Å². The molecule has 8 nitrogen and oxygen atoms in total. The van der Waals surface area contributed by atoms with E-state index in [1.807, 2.05) is 0 Å². The number of carbonyl (C=O) groups excluding carboxylic acids is 2. The standard InChI is InChI=1S/C10H18O4.2C9H17NO/c11-9(12)7-5-3-1-2-4-6-8-10(13)14;2*1-8(2)5-7(11)6-9(3,4)10-8/h1-8H2,(H,11,12)(H,13,14);2*10H,5-6H2,1-4H3. The van der Waals surface area contributed by atoms with Crippen molar-refractivity contribution in [3.8, 4) is 0 Å². The van der Waals surface area contributed by atoms with Gasteiger partial charge in [-0.1, -0.05) is 25.7 Å². The van der Waals surface area contributed by atoms with E-state index in [2.05, 4.69) is 66.0 Å². The molecule has 2 aliphatic heterocycles. The summed E-state index contributed by atoms with van der Waals surface area (Å²) < 4.78 is 0. The lowest BCUT2D eigenvalue weighted by atomic mass is 9.82. The van der Waals surface area contributed by atoms with Gasteiger partial charge in [-0.15, -0.1) is 0 Å². The third-order valence-electron chi connectivity index (χ3n) is 5.94. The minimum Gasteiger partial charge on any atom is -0.481 e. The van der Waals surface area contributed by atoms with Crippen LogP contribution in [0, 0.1) is 0 Å². The van der Waals surface area contributed by atoms with Crippen LogP contribution in [-0.4, -0.2) is 55.9 Å². The fourth-order valence-corrected chi connectivity index (χ4v) is 5.37. The van der Waals surface area contributed by atoms with Crippen molar-refractivity contribution in [2.24, 2.45) is 0 Å². The minimum absolute atomic E-state index is 0.0150. The van der Waals surface area contributed by atoms with Gasteiger partial charge in [-0.05, 0) is 68.2 Å². The highest BCUT2D eigenvalue weighted by molar-refractivity contribution is 5.82. The molecule has 0 amide bonds. The smallest absolute Gasteiger partial charge is 0.303 e. The van der Waals surface area contributed by atoms with Crippen molar-refractivity contribution in [2.75, 3.05) is 0 Å². The Morgan fingerprint density at radius 2 is 0.778 bits per heavy atom. The maximum absolute atomic E-state index is 11.3. The van der Waals surface area contributed by atoms with Crippen molar-refractivity contribution >= 4 is 23.5 Å². The largest absolute Gasteiger partial charge is 0.481 e. The average Bonchev–Trinajstić information content (AvgIpc) is 2.58. The second-order valence-electron chi connectivity index (χ2n) is 13.0. The summed E-state index contributed by atoms with van der Waals surface area (Å²) in [6.07, 6.45) is 8.48. The number of carbonyl (C=O) groups is 4. The van der Waals surface area contributed by atoms with Crippen molar-refractivity contribution in [2.45, 2.75) is 155 Å². The van der Waals surface area contributed by atoms with Crippen LogP contribution in [0.15, 0.2) is 0 Å². The molecule has 4 N–H and O–H groups in total. The zero-order chi connectivity index (χ0) is 28.2. The molecule has 8 heteroatoms. The van der Waals surface area contributed by atoms with E-state index in [0.29, 0.717) is 37.2 Å². The second kappa shape index (κ2) is 14.8. The molecule has 210 valence electrons. The molecule has 2 saturated heterocycles. The highest BCUT2D eigenvalue weighted by atomic mass is 16.4. The summed E-state index contributed by atoms with van der Waals surface area (Å²) in [5.74, 6) is -0.732. The van der Waals surface area contributed by atoms with Gasteiger partial charge in [0.2, 0.25) is 0 Å². The van der Waals surface area contributed by atoms with E-state index in [1.165, 1.54) is 0 Å². The molecule has 0 aromatic rings. The molecule has 0 aliphatic carbocycles. The molecule has 0 saturated carbocycles. The quantitative estimate of drug-likeness (QED) is 0.307. The predicted octanol–water partition coefficient (Wildman–Crippen LogP) is 5.27. The molecular weight excluding hydrogens is 460 g/mol. The van der Waals surface area contributed by atoms with Crippen LogP contribution in [0.3, 0.4) is 0 Å².